The molecular formula is C19H16N4O2S. The lowest BCUT2D eigenvalue weighted by molar-refractivity contribution is -0.117. The molecule has 0 saturated heterocycles. The second kappa shape index (κ2) is 7.05. The lowest BCUT2D eigenvalue weighted by Gasteiger charge is -2.06. The number of rotatable bonds is 5. The Kier molecular flexibility index (Phi) is 4.45. The molecule has 2 amide bonds. The van der Waals surface area contributed by atoms with Gasteiger partial charge in [0.1, 0.15) is 15.8 Å². The predicted molar refractivity (Wildman–Crippen MR) is 101 cm³/mol. The molecule has 26 heavy (non-hydrogen) atoms. The minimum atomic E-state index is -0.266. The number of anilines is 2. The van der Waals surface area contributed by atoms with Crippen LogP contribution in [0, 0.1) is 5.92 Å². The zero-order valence-electron chi connectivity index (χ0n) is 13.8. The molecule has 0 radical (unpaired) electrons. The van der Waals surface area contributed by atoms with E-state index in [9.17, 15) is 9.59 Å². The van der Waals surface area contributed by atoms with Crippen LogP contribution in [0.5, 0.6) is 0 Å². The van der Waals surface area contributed by atoms with Gasteiger partial charge in [0.25, 0.3) is 5.91 Å². The smallest absolute Gasteiger partial charge is 0.256 e. The van der Waals surface area contributed by atoms with Crippen molar-refractivity contribution in [2.45, 2.75) is 12.8 Å². The van der Waals surface area contributed by atoms with Crippen LogP contribution in [-0.2, 0) is 4.79 Å². The second-order valence-corrected chi connectivity index (χ2v) is 7.07. The summed E-state index contributed by atoms with van der Waals surface area (Å²) in [6.07, 6.45) is 4.99. The number of nitrogens with zero attached hydrogens (tertiary/aromatic N) is 2. The average Bonchev–Trinajstić information content (AvgIpc) is 3.42. The first-order valence-corrected chi connectivity index (χ1v) is 9.10. The molecule has 6 nitrogen and oxygen atoms in total. The molecular weight excluding hydrogens is 348 g/mol. The van der Waals surface area contributed by atoms with E-state index in [2.05, 4.69) is 20.6 Å². The van der Waals surface area contributed by atoms with Crippen molar-refractivity contribution in [1.29, 1.82) is 0 Å². The molecule has 3 aromatic rings. The van der Waals surface area contributed by atoms with Gasteiger partial charge in [0.05, 0.1) is 6.20 Å². The largest absolute Gasteiger partial charge is 0.312 e. The molecule has 1 aliphatic carbocycles. The summed E-state index contributed by atoms with van der Waals surface area (Å²) in [5, 5.41) is 7.09. The SMILES string of the molecule is O=C(Nc1cnc(-c2ccccc2)s1)c1ccnc(NC(=O)C2CC2)c1. The number of benzene rings is 1. The summed E-state index contributed by atoms with van der Waals surface area (Å²) >= 11 is 1.41. The lowest BCUT2D eigenvalue weighted by Crippen LogP contribution is -2.16. The Morgan fingerprint density at radius 1 is 1.04 bits per heavy atom. The van der Waals surface area contributed by atoms with E-state index < -0.39 is 0 Å². The monoisotopic (exact) mass is 364 g/mol. The number of aromatic nitrogens is 2. The fraction of sp³-hybridized carbons (Fsp3) is 0.158. The third kappa shape index (κ3) is 3.78. The molecule has 2 aromatic heterocycles. The zero-order chi connectivity index (χ0) is 17.9. The maximum Gasteiger partial charge on any atom is 0.256 e. The normalized spacial score (nSPS) is 13.2. The number of nitrogens with one attached hydrogen (secondary N) is 2. The van der Waals surface area contributed by atoms with Crippen LogP contribution in [0.1, 0.15) is 23.2 Å². The molecule has 1 saturated carbocycles. The minimum Gasteiger partial charge on any atom is -0.312 e. The molecule has 0 aliphatic heterocycles. The molecule has 4 rings (SSSR count). The first-order valence-electron chi connectivity index (χ1n) is 8.28. The predicted octanol–water partition coefficient (Wildman–Crippen LogP) is 3.81. The Bertz CT molecular complexity index is 951. The van der Waals surface area contributed by atoms with E-state index in [-0.39, 0.29) is 17.7 Å². The standard InChI is InChI=1S/C19H16N4O2S/c24-17(12-6-7-12)22-15-10-14(8-9-20-15)18(25)23-16-11-21-19(26-16)13-4-2-1-3-5-13/h1-5,8-12H,6-7H2,(H,23,25)(H,20,22,24). The molecule has 2 N–H and O–H groups in total. The highest BCUT2D eigenvalue weighted by molar-refractivity contribution is 7.19. The summed E-state index contributed by atoms with van der Waals surface area (Å²) in [7, 11) is 0. The van der Waals surface area contributed by atoms with Gasteiger partial charge in [0, 0.05) is 23.2 Å². The summed E-state index contributed by atoms with van der Waals surface area (Å²) in [5.74, 6) is 0.175. The highest BCUT2D eigenvalue weighted by Crippen LogP contribution is 2.30. The van der Waals surface area contributed by atoms with Crippen LogP contribution in [0.2, 0.25) is 0 Å². The van der Waals surface area contributed by atoms with Gasteiger partial charge in [-0.1, -0.05) is 41.7 Å². The zero-order valence-corrected chi connectivity index (χ0v) is 14.6. The first-order chi connectivity index (χ1) is 12.7. The van der Waals surface area contributed by atoms with E-state index >= 15 is 0 Å². The van der Waals surface area contributed by atoms with Gasteiger partial charge in [-0.05, 0) is 25.0 Å². The number of amides is 2. The van der Waals surface area contributed by atoms with E-state index in [1.54, 1.807) is 18.3 Å². The van der Waals surface area contributed by atoms with Crippen LogP contribution in [0.25, 0.3) is 10.6 Å². The molecule has 7 heteroatoms. The van der Waals surface area contributed by atoms with Crippen molar-refractivity contribution in [2.75, 3.05) is 10.6 Å². The summed E-state index contributed by atoms with van der Waals surface area (Å²) < 4.78 is 0. The third-order valence-corrected chi connectivity index (χ3v) is 4.95. The van der Waals surface area contributed by atoms with Gasteiger partial charge in [0.2, 0.25) is 5.91 Å². The summed E-state index contributed by atoms with van der Waals surface area (Å²) in [5.41, 5.74) is 1.44. The van der Waals surface area contributed by atoms with E-state index in [0.29, 0.717) is 16.4 Å². The molecule has 1 fully saturated rings. The van der Waals surface area contributed by atoms with Gasteiger partial charge in [-0.15, -0.1) is 0 Å². The summed E-state index contributed by atoms with van der Waals surface area (Å²) in [4.78, 5) is 32.7. The average molecular weight is 364 g/mol. The molecule has 0 spiro atoms. The number of hydrogen-bond donors (Lipinski definition) is 2. The lowest BCUT2D eigenvalue weighted by atomic mass is 10.2. The van der Waals surface area contributed by atoms with Crippen molar-refractivity contribution in [2.24, 2.45) is 5.92 Å². The van der Waals surface area contributed by atoms with E-state index in [0.717, 1.165) is 23.4 Å². The molecule has 1 aliphatic rings. The fourth-order valence-electron chi connectivity index (χ4n) is 2.44. The number of carbonyl (C=O) groups is 2. The van der Waals surface area contributed by atoms with Crippen LogP contribution in [0.15, 0.2) is 54.9 Å². The molecule has 1 aromatic carbocycles. The Balaban J connectivity index is 1.45. The highest BCUT2D eigenvalue weighted by Gasteiger charge is 2.29. The van der Waals surface area contributed by atoms with Crippen molar-refractivity contribution in [3.05, 3.63) is 60.4 Å². The maximum atomic E-state index is 12.5. The van der Waals surface area contributed by atoms with Crippen LogP contribution >= 0.6 is 11.3 Å². The molecule has 0 bridgehead atoms. The summed E-state index contributed by atoms with van der Waals surface area (Å²) in [6, 6.07) is 13.0. The number of pyridine rings is 1. The van der Waals surface area contributed by atoms with Crippen molar-refractivity contribution in [3.8, 4) is 10.6 Å². The van der Waals surface area contributed by atoms with Crippen molar-refractivity contribution < 1.29 is 9.59 Å². The van der Waals surface area contributed by atoms with Crippen LogP contribution in [0.3, 0.4) is 0 Å². The van der Waals surface area contributed by atoms with Crippen molar-refractivity contribution in [1.82, 2.24) is 9.97 Å². The Morgan fingerprint density at radius 3 is 2.62 bits per heavy atom. The molecule has 130 valence electrons. The van der Waals surface area contributed by atoms with Gasteiger partial charge in [-0.3, -0.25) is 9.59 Å². The number of carbonyl (C=O) groups excluding carboxylic acids is 2. The molecule has 0 unspecified atom stereocenters. The maximum absolute atomic E-state index is 12.5. The van der Waals surface area contributed by atoms with E-state index in [4.69, 9.17) is 0 Å². The Hall–Kier alpha value is -3.06. The van der Waals surface area contributed by atoms with E-state index in [1.807, 2.05) is 30.3 Å². The van der Waals surface area contributed by atoms with Crippen molar-refractivity contribution >= 4 is 34.0 Å². The minimum absolute atomic E-state index is 0.0370. The molecule has 2 heterocycles. The van der Waals surface area contributed by atoms with Gasteiger partial charge in [0.15, 0.2) is 0 Å². The van der Waals surface area contributed by atoms with Gasteiger partial charge in [-0.2, -0.15) is 0 Å². The second-order valence-electron chi connectivity index (χ2n) is 6.04. The summed E-state index contributed by atoms with van der Waals surface area (Å²) in [6.45, 7) is 0. The quantitative estimate of drug-likeness (QED) is 0.721. The van der Waals surface area contributed by atoms with Crippen molar-refractivity contribution in [3.63, 3.8) is 0 Å². The fourth-order valence-corrected chi connectivity index (χ4v) is 3.26. The third-order valence-electron chi connectivity index (χ3n) is 3.98. The van der Waals surface area contributed by atoms with Crippen LogP contribution in [0.4, 0.5) is 10.8 Å². The number of thiazole rings is 1. The van der Waals surface area contributed by atoms with Gasteiger partial charge < -0.3 is 10.6 Å². The van der Waals surface area contributed by atoms with Crippen LogP contribution < -0.4 is 10.6 Å². The Labute approximate surface area is 154 Å². The van der Waals surface area contributed by atoms with Gasteiger partial charge >= 0.3 is 0 Å². The van der Waals surface area contributed by atoms with E-state index in [1.165, 1.54) is 17.5 Å². The van der Waals surface area contributed by atoms with Crippen LogP contribution in [-0.4, -0.2) is 21.8 Å². The topological polar surface area (TPSA) is 84.0 Å². The first kappa shape index (κ1) is 16.4. The molecule has 0 atom stereocenters. The van der Waals surface area contributed by atoms with Gasteiger partial charge in [-0.25, -0.2) is 9.97 Å². The Morgan fingerprint density at radius 2 is 1.85 bits per heavy atom. The number of hydrogen-bond acceptors (Lipinski definition) is 5. The highest BCUT2D eigenvalue weighted by atomic mass is 32.1.